The molecule has 1 aromatic carbocycles. The molecular formula is C20H22N2O3. The van der Waals surface area contributed by atoms with Crippen molar-refractivity contribution in [2.24, 2.45) is 5.92 Å². The number of rotatable bonds is 3. The number of methoxy groups -OCH3 is 1. The highest BCUT2D eigenvalue weighted by atomic mass is 16.5. The molecule has 1 saturated heterocycles. The molecule has 0 amide bonds. The van der Waals surface area contributed by atoms with Crippen LogP contribution in [0.5, 0.6) is 0 Å². The Morgan fingerprint density at radius 1 is 1.12 bits per heavy atom. The molecule has 2 bridgehead atoms. The topological polar surface area (TPSA) is 51.5 Å². The lowest BCUT2D eigenvalue weighted by molar-refractivity contribution is -0.148. The first-order chi connectivity index (χ1) is 12.2. The van der Waals surface area contributed by atoms with Crippen LogP contribution in [0.4, 0.5) is 0 Å². The third-order valence-electron chi connectivity index (χ3n) is 5.41. The van der Waals surface area contributed by atoms with Crippen LogP contribution in [0.25, 0.3) is 0 Å². The molecule has 3 atom stereocenters. The summed E-state index contributed by atoms with van der Waals surface area (Å²) in [4.78, 5) is 27.3. The first-order valence-corrected chi connectivity index (χ1v) is 8.73. The van der Waals surface area contributed by atoms with E-state index < -0.39 is 6.04 Å². The Kier molecular flexibility index (Phi) is 4.17. The molecule has 1 fully saturated rings. The molecule has 0 aliphatic carbocycles. The molecular weight excluding hydrogens is 316 g/mol. The van der Waals surface area contributed by atoms with Crippen molar-refractivity contribution < 1.29 is 9.53 Å². The van der Waals surface area contributed by atoms with Gasteiger partial charge < -0.3 is 4.74 Å². The first kappa shape index (κ1) is 16.1. The maximum Gasteiger partial charge on any atom is 0.329 e. The minimum absolute atomic E-state index is 0.0995. The van der Waals surface area contributed by atoms with Crippen molar-refractivity contribution in [3.63, 3.8) is 0 Å². The number of fused-ring (bicyclic) bond motifs is 4. The monoisotopic (exact) mass is 338 g/mol. The maximum atomic E-state index is 12.4. The van der Waals surface area contributed by atoms with Crippen LogP contribution in [-0.4, -0.2) is 35.6 Å². The molecule has 0 radical (unpaired) electrons. The lowest BCUT2D eigenvalue weighted by Gasteiger charge is -2.45. The van der Waals surface area contributed by atoms with Crippen LogP contribution in [-0.2, 0) is 16.1 Å². The van der Waals surface area contributed by atoms with Gasteiger partial charge >= 0.3 is 5.97 Å². The molecule has 5 nitrogen and oxygen atoms in total. The number of likely N-dealkylation sites (tertiary alicyclic amines) is 1. The predicted octanol–water partition coefficient (Wildman–Crippen LogP) is 2.18. The normalized spacial score (nSPS) is 25.2. The highest BCUT2D eigenvalue weighted by molar-refractivity contribution is 5.75. The Morgan fingerprint density at radius 3 is 2.68 bits per heavy atom. The predicted molar refractivity (Wildman–Crippen MR) is 94.3 cm³/mol. The molecule has 0 saturated carbocycles. The second-order valence-electron chi connectivity index (χ2n) is 7.00. The summed E-state index contributed by atoms with van der Waals surface area (Å²) in [6.07, 6.45) is 0.925. The molecule has 0 unspecified atom stereocenters. The van der Waals surface area contributed by atoms with Gasteiger partial charge in [0.25, 0.3) is 5.56 Å². The molecule has 5 heteroatoms. The fourth-order valence-electron chi connectivity index (χ4n) is 4.42. The van der Waals surface area contributed by atoms with Crippen LogP contribution >= 0.6 is 0 Å². The smallest absolute Gasteiger partial charge is 0.329 e. The van der Waals surface area contributed by atoms with Crippen LogP contribution in [0.3, 0.4) is 0 Å². The van der Waals surface area contributed by atoms with E-state index in [4.69, 9.17) is 4.74 Å². The third-order valence-corrected chi connectivity index (χ3v) is 5.41. The minimum atomic E-state index is -0.525. The molecule has 130 valence electrons. The first-order valence-electron chi connectivity index (χ1n) is 8.73. The van der Waals surface area contributed by atoms with Crippen LogP contribution < -0.4 is 5.56 Å². The van der Waals surface area contributed by atoms with E-state index in [2.05, 4.69) is 17.0 Å². The fraction of sp³-hybridized carbons (Fsp3) is 0.400. The van der Waals surface area contributed by atoms with Gasteiger partial charge in [0.1, 0.15) is 6.04 Å². The number of benzene rings is 1. The van der Waals surface area contributed by atoms with Crippen molar-refractivity contribution in [2.75, 3.05) is 20.2 Å². The van der Waals surface area contributed by atoms with Gasteiger partial charge in [-0.2, -0.15) is 0 Å². The molecule has 25 heavy (non-hydrogen) atoms. The Morgan fingerprint density at radius 2 is 1.92 bits per heavy atom. The quantitative estimate of drug-likeness (QED) is 0.805. The number of nitrogens with zero attached hydrogens (tertiary/aromatic N) is 2. The minimum Gasteiger partial charge on any atom is -0.467 e. The van der Waals surface area contributed by atoms with Gasteiger partial charge in [-0.15, -0.1) is 0 Å². The number of carbonyl (C=O) groups is 1. The fourth-order valence-corrected chi connectivity index (χ4v) is 4.42. The van der Waals surface area contributed by atoms with E-state index in [1.807, 2.05) is 24.3 Å². The second kappa shape index (κ2) is 6.48. The van der Waals surface area contributed by atoms with Gasteiger partial charge in [0.2, 0.25) is 0 Å². The Labute approximate surface area is 146 Å². The van der Waals surface area contributed by atoms with Crippen molar-refractivity contribution in [2.45, 2.75) is 24.9 Å². The van der Waals surface area contributed by atoms with Crippen LogP contribution in [0.1, 0.15) is 29.6 Å². The van der Waals surface area contributed by atoms with E-state index in [0.717, 1.165) is 31.7 Å². The second-order valence-corrected chi connectivity index (χ2v) is 7.00. The summed E-state index contributed by atoms with van der Waals surface area (Å²) < 4.78 is 6.70. The number of hydrogen-bond donors (Lipinski definition) is 0. The average molecular weight is 338 g/mol. The summed E-state index contributed by atoms with van der Waals surface area (Å²) in [6.45, 7) is 2.56. The summed E-state index contributed by atoms with van der Waals surface area (Å²) in [5, 5.41) is 0. The van der Waals surface area contributed by atoms with Crippen molar-refractivity contribution in [3.8, 4) is 0 Å². The number of carbonyl (C=O) groups excluding carboxylic acids is 1. The zero-order valence-electron chi connectivity index (χ0n) is 14.3. The summed E-state index contributed by atoms with van der Waals surface area (Å²) in [6, 6.07) is 15.1. The van der Waals surface area contributed by atoms with Crippen molar-refractivity contribution in [3.05, 3.63) is 70.1 Å². The van der Waals surface area contributed by atoms with Crippen molar-refractivity contribution in [1.29, 1.82) is 0 Å². The standard InChI is InChI=1S/C20H22N2O3/c1-25-20(24)19-16-10-15(17-8-5-9-18(23)22(17)19)12-21(13-16)11-14-6-3-2-4-7-14/h2-9,15-16,19H,10-13H2,1H3/t15-,16+,19+/m1/s1. The molecule has 2 aromatic rings. The molecule has 3 heterocycles. The molecule has 2 aliphatic rings. The van der Waals surface area contributed by atoms with Gasteiger partial charge in [0.15, 0.2) is 0 Å². The van der Waals surface area contributed by atoms with Crippen molar-refractivity contribution >= 4 is 5.97 Å². The largest absolute Gasteiger partial charge is 0.467 e. The average Bonchev–Trinajstić information content (AvgIpc) is 2.63. The Hall–Kier alpha value is -2.40. The Bertz CT molecular complexity index is 830. The van der Waals surface area contributed by atoms with E-state index in [0.29, 0.717) is 0 Å². The SMILES string of the molecule is COC(=O)[C@@H]1[C@H]2C[C@H](CN(Cc3ccccc3)C2)c2cccc(=O)n21. The third kappa shape index (κ3) is 2.89. The van der Waals surface area contributed by atoms with Crippen molar-refractivity contribution in [1.82, 2.24) is 9.47 Å². The number of aromatic nitrogens is 1. The number of hydrogen-bond acceptors (Lipinski definition) is 4. The Balaban J connectivity index is 1.69. The van der Waals surface area contributed by atoms with Gasteiger partial charge in [0.05, 0.1) is 7.11 Å². The van der Waals surface area contributed by atoms with Crippen LogP contribution in [0.2, 0.25) is 0 Å². The molecule has 1 aromatic heterocycles. The number of piperidine rings is 1. The van der Waals surface area contributed by atoms with E-state index in [1.165, 1.54) is 18.7 Å². The number of esters is 1. The van der Waals surface area contributed by atoms with E-state index in [-0.39, 0.29) is 23.4 Å². The number of pyridine rings is 1. The highest BCUT2D eigenvalue weighted by Crippen LogP contribution is 2.41. The maximum absolute atomic E-state index is 12.4. The van der Waals surface area contributed by atoms with Gasteiger partial charge in [-0.3, -0.25) is 14.3 Å². The molecule has 0 spiro atoms. The van der Waals surface area contributed by atoms with Crippen LogP contribution in [0, 0.1) is 5.92 Å². The zero-order chi connectivity index (χ0) is 17.4. The lowest BCUT2D eigenvalue weighted by Crippen LogP contribution is -2.51. The lowest BCUT2D eigenvalue weighted by atomic mass is 9.78. The van der Waals surface area contributed by atoms with Gasteiger partial charge in [-0.05, 0) is 18.1 Å². The summed E-state index contributed by atoms with van der Waals surface area (Å²) >= 11 is 0. The zero-order valence-corrected chi connectivity index (χ0v) is 14.3. The summed E-state index contributed by atoms with van der Waals surface area (Å²) in [5.74, 6) is 0.0549. The van der Waals surface area contributed by atoms with Gasteiger partial charge in [-0.25, -0.2) is 4.79 Å². The highest BCUT2D eigenvalue weighted by Gasteiger charge is 2.44. The van der Waals surface area contributed by atoms with Gasteiger partial charge in [-0.1, -0.05) is 36.4 Å². The number of ether oxygens (including phenoxy) is 1. The summed E-state index contributed by atoms with van der Waals surface area (Å²) in [7, 11) is 1.40. The van der Waals surface area contributed by atoms with E-state index in [1.54, 1.807) is 10.6 Å². The van der Waals surface area contributed by atoms with E-state index in [9.17, 15) is 9.59 Å². The molecule has 0 N–H and O–H groups in total. The molecule has 4 rings (SSSR count). The molecule has 2 aliphatic heterocycles. The van der Waals surface area contributed by atoms with Gasteiger partial charge in [0, 0.05) is 43.2 Å². The van der Waals surface area contributed by atoms with E-state index >= 15 is 0 Å². The summed E-state index contributed by atoms with van der Waals surface area (Å²) in [5.41, 5.74) is 2.11. The van der Waals surface area contributed by atoms with Crippen LogP contribution in [0.15, 0.2) is 53.3 Å².